The summed E-state index contributed by atoms with van der Waals surface area (Å²) in [6.07, 6.45) is 4.34. The van der Waals surface area contributed by atoms with Gasteiger partial charge in [-0.05, 0) is 134 Å². The molecule has 0 N–H and O–H groups in total. The van der Waals surface area contributed by atoms with Crippen LogP contribution in [-0.2, 0) is 0 Å². The summed E-state index contributed by atoms with van der Waals surface area (Å²) in [5.41, 5.74) is 19.9. The van der Waals surface area contributed by atoms with Crippen molar-refractivity contribution in [1.29, 1.82) is 0 Å². The van der Waals surface area contributed by atoms with E-state index >= 15 is 0 Å². The van der Waals surface area contributed by atoms with Crippen LogP contribution in [0.4, 0.5) is 11.4 Å². The molecule has 0 radical (unpaired) electrons. The molecule has 4 heterocycles. The number of rotatable bonds is 10. The number of hydrogen-bond donors (Lipinski definition) is 0. The molecule has 2 aliphatic rings. The highest BCUT2D eigenvalue weighted by atomic mass is 28.3. The molecule has 0 atom stereocenters. The Morgan fingerprint density at radius 2 is 0.911 bits per heavy atom. The number of hydrogen-bond acceptors (Lipinski definition) is 4. The number of anilines is 2. The van der Waals surface area contributed by atoms with Crippen molar-refractivity contribution in [3.63, 3.8) is 0 Å². The fraction of sp³-hybridized carbons (Fsp3) is 0.0822. The minimum absolute atomic E-state index is 0.127. The summed E-state index contributed by atoms with van der Waals surface area (Å²) in [5, 5.41) is 3.64. The third-order valence-electron chi connectivity index (χ3n) is 17.0. The Balaban J connectivity index is 0.939. The molecule has 12 aromatic rings. The van der Waals surface area contributed by atoms with E-state index in [1.165, 1.54) is 83.3 Å². The lowest BCUT2D eigenvalue weighted by Gasteiger charge is -2.50. The van der Waals surface area contributed by atoms with Crippen LogP contribution in [0.5, 0.6) is 11.5 Å². The first-order valence-corrected chi connectivity index (χ1v) is 30.4. The van der Waals surface area contributed by atoms with Crippen molar-refractivity contribution < 1.29 is 4.74 Å². The Kier molecular flexibility index (Phi) is 11.6. The van der Waals surface area contributed by atoms with Crippen molar-refractivity contribution in [3.05, 3.63) is 273 Å². The van der Waals surface area contributed by atoms with Crippen molar-refractivity contribution in [2.24, 2.45) is 0 Å². The fourth-order valence-corrected chi connectivity index (χ4v) is 15.1. The smallest absolute Gasteiger partial charge is 0.137 e. The van der Waals surface area contributed by atoms with E-state index in [-0.39, 0.29) is 5.04 Å². The molecule has 0 aliphatic carbocycles. The molecule has 10 aromatic carbocycles. The highest BCUT2D eigenvalue weighted by molar-refractivity contribution is 6.94. The van der Waals surface area contributed by atoms with E-state index in [1.807, 2.05) is 18.3 Å². The average Bonchev–Trinajstić information content (AvgIpc) is 4.09. The summed E-state index contributed by atoms with van der Waals surface area (Å²) in [5.74, 6) is 2.45. The molecule has 6 heteroatoms. The molecule has 0 spiro atoms. The second-order valence-electron chi connectivity index (χ2n) is 22.1. The van der Waals surface area contributed by atoms with Gasteiger partial charge < -0.3 is 14.5 Å². The quantitative estimate of drug-likeness (QED) is 0.128. The molecule has 0 saturated carbocycles. The summed E-state index contributed by atoms with van der Waals surface area (Å²) >= 11 is 0. The van der Waals surface area contributed by atoms with Gasteiger partial charge in [-0.15, -0.1) is 0 Å². The SMILES string of the molecule is CC1(C)C2=CN(c3c(-c4cc(-c5ccccc5)cc(-c5ccccc5)c4)cccc3-c3cc(-c4ccccc4)cc(-c4ccccc4)c3)CN2c2cc(Oc3ccc4c5ccccc5n(-c5ccccn5)c4c3)ccc2[Si]1(C)C. The van der Waals surface area contributed by atoms with Crippen molar-refractivity contribution in [2.75, 3.05) is 16.5 Å². The third-order valence-corrected chi connectivity index (χ3v) is 22.1. The summed E-state index contributed by atoms with van der Waals surface area (Å²) in [4.78, 5) is 9.92. The number of ether oxygens (including phenoxy) is 1. The van der Waals surface area contributed by atoms with Gasteiger partial charge in [0.1, 0.15) is 17.3 Å². The first-order valence-electron chi connectivity index (χ1n) is 27.4. The van der Waals surface area contributed by atoms with Gasteiger partial charge in [-0.25, -0.2) is 4.98 Å². The Labute approximate surface area is 463 Å². The van der Waals surface area contributed by atoms with E-state index in [4.69, 9.17) is 9.72 Å². The lowest BCUT2D eigenvalue weighted by atomic mass is 9.88. The van der Waals surface area contributed by atoms with Crippen LogP contribution in [0, 0.1) is 0 Å². The van der Waals surface area contributed by atoms with Gasteiger partial charge in [0, 0.05) is 62.9 Å². The van der Waals surface area contributed by atoms with Crippen LogP contribution >= 0.6 is 0 Å². The van der Waals surface area contributed by atoms with Crippen LogP contribution in [0.25, 0.3) is 94.4 Å². The monoisotopic (exact) mass is 1030 g/mol. The number of pyridine rings is 1. The maximum Gasteiger partial charge on any atom is 0.137 e. The number of fused-ring (bicyclic) bond motifs is 6. The molecular weight excluding hydrogens is 977 g/mol. The third kappa shape index (κ3) is 8.35. The van der Waals surface area contributed by atoms with Crippen LogP contribution in [0.3, 0.4) is 0 Å². The van der Waals surface area contributed by atoms with Crippen LogP contribution in [-0.4, -0.2) is 24.3 Å². The van der Waals surface area contributed by atoms with Crippen LogP contribution in [0.15, 0.2) is 273 Å². The minimum atomic E-state index is -2.21. The number of para-hydroxylation sites is 2. The molecule has 79 heavy (non-hydrogen) atoms. The van der Waals surface area contributed by atoms with E-state index in [1.54, 1.807) is 0 Å². The highest BCUT2D eigenvalue weighted by Crippen LogP contribution is 2.55. The van der Waals surface area contributed by atoms with Gasteiger partial charge in [-0.2, -0.15) is 0 Å². The maximum atomic E-state index is 6.99. The van der Waals surface area contributed by atoms with E-state index in [0.29, 0.717) is 6.67 Å². The molecule has 2 aromatic heterocycles. The number of aromatic nitrogens is 2. The highest BCUT2D eigenvalue weighted by Gasteiger charge is 2.52. The zero-order chi connectivity index (χ0) is 53.2. The normalized spacial score (nSPS) is 14.3. The Morgan fingerprint density at radius 3 is 1.46 bits per heavy atom. The van der Waals surface area contributed by atoms with Crippen molar-refractivity contribution >= 4 is 46.4 Å². The maximum absolute atomic E-state index is 6.99. The molecule has 0 unspecified atom stereocenters. The topological polar surface area (TPSA) is 33.5 Å². The minimum Gasteiger partial charge on any atom is -0.457 e. The molecule has 14 rings (SSSR count). The molecule has 0 saturated heterocycles. The second kappa shape index (κ2) is 19.2. The Bertz CT molecular complexity index is 4040. The largest absolute Gasteiger partial charge is 0.457 e. The van der Waals surface area contributed by atoms with E-state index in [9.17, 15) is 0 Å². The molecule has 0 amide bonds. The number of benzene rings is 10. The molecule has 380 valence electrons. The summed E-state index contributed by atoms with van der Waals surface area (Å²) in [6, 6.07) is 92.3. The van der Waals surface area contributed by atoms with Crippen LogP contribution in [0.1, 0.15) is 13.8 Å². The first kappa shape index (κ1) is 47.9. The Morgan fingerprint density at radius 1 is 0.430 bits per heavy atom. The van der Waals surface area contributed by atoms with Crippen molar-refractivity contribution in [2.45, 2.75) is 32.0 Å². The van der Waals surface area contributed by atoms with E-state index in [0.717, 1.165) is 44.9 Å². The van der Waals surface area contributed by atoms with Gasteiger partial charge in [-0.3, -0.25) is 4.57 Å². The summed E-state index contributed by atoms with van der Waals surface area (Å²) in [6.45, 7) is 10.6. The van der Waals surface area contributed by atoms with Crippen molar-refractivity contribution in [1.82, 2.24) is 9.55 Å². The second-order valence-corrected chi connectivity index (χ2v) is 27.1. The fourth-order valence-electron chi connectivity index (χ4n) is 12.3. The van der Waals surface area contributed by atoms with E-state index < -0.39 is 8.07 Å². The zero-order valence-corrected chi connectivity index (χ0v) is 45.8. The van der Waals surface area contributed by atoms with Crippen molar-refractivity contribution in [3.8, 4) is 84.1 Å². The Hall–Kier alpha value is -9.49. The predicted molar refractivity (Wildman–Crippen MR) is 333 cm³/mol. The molecule has 5 nitrogen and oxygen atoms in total. The first-order chi connectivity index (χ1) is 38.7. The van der Waals surface area contributed by atoms with Gasteiger partial charge in [0.15, 0.2) is 0 Å². The number of nitrogens with zero attached hydrogens (tertiary/aromatic N) is 4. The average molecular weight is 1040 g/mol. The van der Waals surface area contributed by atoms with Gasteiger partial charge in [0.05, 0.1) is 31.5 Å². The summed E-state index contributed by atoms with van der Waals surface area (Å²) < 4.78 is 9.23. The molecule has 0 bridgehead atoms. The van der Waals surface area contributed by atoms with E-state index in [2.05, 4.69) is 290 Å². The van der Waals surface area contributed by atoms with Gasteiger partial charge in [0.25, 0.3) is 0 Å². The van der Waals surface area contributed by atoms with Gasteiger partial charge in [0.2, 0.25) is 0 Å². The molecular formula is C73H58N4OSi. The zero-order valence-electron chi connectivity index (χ0n) is 44.8. The summed E-state index contributed by atoms with van der Waals surface area (Å²) in [7, 11) is -2.21. The standard InChI is InChI=1S/C73H58N4OSi/c1-73(2)70-48-75(49-76(70)68-47-61(36-38-69(68)79(73,3)4)78-60-35-37-65-64-30-17-18-33-66(64)77(67(65)46-60)71-34-19-20-39-74-71)72-62(58-42-54(50-22-9-5-10-23-50)40-55(43-58)51-24-11-6-12-25-51)31-21-32-63(72)59-44-56(52-26-13-7-14-27-52)41-57(45-59)53-28-15-8-16-29-53/h5-48H,49H2,1-4H3. The lowest BCUT2D eigenvalue weighted by molar-refractivity contribution is 0.483. The van der Waals surface area contributed by atoms with Gasteiger partial charge in [-0.1, -0.05) is 197 Å². The number of allylic oxidation sites excluding steroid dienone is 1. The van der Waals surface area contributed by atoms with Crippen LogP contribution in [0.2, 0.25) is 18.1 Å². The van der Waals surface area contributed by atoms with Gasteiger partial charge >= 0.3 is 0 Å². The van der Waals surface area contributed by atoms with Crippen LogP contribution < -0.4 is 19.7 Å². The predicted octanol–water partition coefficient (Wildman–Crippen LogP) is 18.8. The lowest BCUT2D eigenvalue weighted by Crippen LogP contribution is -2.58. The molecule has 2 aliphatic heterocycles. The molecule has 0 fully saturated rings.